The van der Waals surface area contributed by atoms with Crippen molar-refractivity contribution >= 4 is 10.0 Å². The molecular weight excluding hydrogens is 348 g/mol. The molecule has 0 atom stereocenters. The van der Waals surface area contributed by atoms with Gasteiger partial charge in [-0.15, -0.1) is 0 Å². The van der Waals surface area contributed by atoms with E-state index in [4.69, 9.17) is 0 Å². The van der Waals surface area contributed by atoms with Gasteiger partial charge < -0.3 is 5.32 Å². The van der Waals surface area contributed by atoms with Gasteiger partial charge >= 0.3 is 0 Å². The monoisotopic (exact) mass is 388 g/mol. The summed E-state index contributed by atoms with van der Waals surface area (Å²) in [6.45, 7) is 17.7. The van der Waals surface area contributed by atoms with Gasteiger partial charge in [0.05, 0.1) is 6.26 Å². The zero-order chi connectivity index (χ0) is 19.6. The number of nitrogens with zero attached hydrogens (tertiary/aromatic N) is 3. The number of nitrogens with one attached hydrogen (secondary N) is 1. The molecule has 0 aliphatic carbocycles. The van der Waals surface area contributed by atoms with E-state index in [-0.39, 0.29) is 11.1 Å². The molecule has 0 radical (unpaired) electrons. The molecule has 2 heterocycles. The van der Waals surface area contributed by atoms with Crippen molar-refractivity contribution < 1.29 is 8.42 Å². The third-order valence-corrected chi connectivity index (χ3v) is 7.48. The molecule has 2 saturated heterocycles. The molecule has 6 nitrogen and oxygen atoms in total. The molecule has 26 heavy (non-hydrogen) atoms. The molecule has 7 heteroatoms. The number of hydrogen-bond acceptors (Lipinski definition) is 5. The van der Waals surface area contributed by atoms with Crippen LogP contribution in [0.5, 0.6) is 0 Å². The lowest BCUT2D eigenvalue weighted by atomic mass is 9.95. The van der Waals surface area contributed by atoms with Gasteiger partial charge in [0.25, 0.3) is 0 Å². The molecule has 0 bridgehead atoms. The summed E-state index contributed by atoms with van der Waals surface area (Å²) in [7, 11) is -3.05. The van der Waals surface area contributed by atoms with Gasteiger partial charge in [0, 0.05) is 56.4 Å². The minimum Gasteiger partial charge on any atom is -0.314 e. The second-order valence-corrected chi connectivity index (χ2v) is 11.6. The van der Waals surface area contributed by atoms with Crippen molar-refractivity contribution in [1.29, 1.82) is 0 Å². The third kappa shape index (κ3) is 6.16. The fourth-order valence-corrected chi connectivity index (χ4v) is 4.95. The molecule has 0 aromatic rings. The van der Waals surface area contributed by atoms with Crippen LogP contribution in [0, 0.1) is 0 Å². The molecule has 0 aromatic heterocycles. The first kappa shape index (κ1) is 22.1. The van der Waals surface area contributed by atoms with Crippen molar-refractivity contribution in [1.82, 2.24) is 19.4 Å². The van der Waals surface area contributed by atoms with Gasteiger partial charge in [-0.3, -0.25) is 9.80 Å². The summed E-state index contributed by atoms with van der Waals surface area (Å²) in [5, 5.41) is 3.76. The van der Waals surface area contributed by atoms with Gasteiger partial charge in [-0.2, -0.15) is 4.31 Å². The summed E-state index contributed by atoms with van der Waals surface area (Å²) in [6.07, 6.45) is 4.85. The zero-order valence-electron chi connectivity index (χ0n) is 17.7. The van der Waals surface area contributed by atoms with Crippen LogP contribution >= 0.6 is 0 Å². The summed E-state index contributed by atoms with van der Waals surface area (Å²) in [5.41, 5.74) is 0.379. The van der Waals surface area contributed by atoms with E-state index in [2.05, 4.69) is 49.7 Å². The zero-order valence-corrected chi connectivity index (χ0v) is 18.5. The summed E-state index contributed by atoms with van der Waals surface area (Å²) in [6, 6.07) is 0.631. The van der Waals surface area contributed by atoms with Crippen LogP contribution in [-0.4, -0.2) is 91.7 Å². The number of piperazine rings is 1. The van der Waals surface area contributed by atoms with Crippen molar-refractivity contribution in [3.8, 4) is 0 Å². The van der Waals surface area contributed by atoms with E-state index in [9.17, 15) is 8.42 Å². The van der Waals surface area contributed by atoms with Gasteiger partial charge in [-0.1, -0.05) is 0 Å². The molecule has 154 valence electrons. The second kappa shape index (κ2) is 8.43. The highest BCUT2D eigenvalue weighted by atomic mass is 32.2. The lowest BCUT2D eigenvalue weighted by molar-refractivity contribution is 0.0691. The first-order chi connectivity index (χ1) is 11.9. The van der Waals surface area contributed by atoms with E-state index in [0.29, 0.717) is 19.1 Å². The first-order valence-corrected chi connectivity index (χ1v) is 11.9. The molecule has 1 N–H and O–H groups in total. The Labute approximate surface area is 161 Å². The predicted octanol–water partition coefficient (Wildman–Crippen LogP) is 1.58. The van der Waals surface area contributed by atoms with E-state index in [1.165, 1.54) is 32.2 Å². The van der Waals surface area contributed by atoms with Gasteiger partial charge in [-0.05, 0) is 60.4 Å². The normalized spacial score (nSPS) is 23.5. The van der Waals surface area contributed by atoms with Crippen LogP contribution < -0.4 is 5.32 Å². The molecule has 2 rings (SSSR count). The topological polar surface area (TPSA) is 55.9 Å². The van der Waals surface area contributed by atoms with E-state index < -0.39 is 10.0 Å². The van der Waals surface area contributed by atoms with Crippen molar-refractivity contribution in [2.75, 3.05) is 52.1 Å². The maximum atomic E-state index is 11.7. The average molecular weight is 389 g/mol. The maximum absolute atomic E-state index is 11.7. The Bertz CT molecular complexity index is 540. The number of likely N-dealkylation sites (tertiary alicyclic amines) is 1. The lowest BCUT2D eigenvalue weighted by Gasteiger charge is -2.44. The Balaban J connectivity index is 1.71. The molecule has 0 spiro atoms. The van der Waals surface area contributed by atoms with Crippen LogP contribution in [0.25, 0.3) is 0 Å². The molecule has 2 aliphatic heterocycles. The predicted molar refractivity (Wildman–Crippen MR) is 109 cm³/mol. The average Bonchev–Trinajstić information content (AvgIpc) is 2.54. The fraction of sp³-hybridized carbons (Fsp3) is 1.00. The van der Waals surface area contributed by atoms with Gasteiger partial charge in [0.15, 0.2) is 0 Å². The number of hydrogen-bond donors (Lipinski definition) is 1. The number of piperidine rings is 1. The molecule has 2 fully saturated rings. The van der Waals surface area contributed by atoms with Crippen molar-refractivity contribution in [3.63, 3.8) is 0 Å². The summed E-state index contributed by atoms with van der Waals surface area (Å²) in [5.74, 6) is 0. The Hall–Kier alpha value is -0.210. The SMILES string of the molecule is CC(C)(C)N1CCC(NCCC(C)(C)N2CCN(S(C)(=O)=O)CC2)CC1. The molecule has 0 aromatic carbocycles. The lowest BCUT2D eigenvalue weighted by Crippen LogP contribution is -2.56. The van der Waals surface area contributed by atoms with E-state index in [1.54, 1.807) is 4.31 Å². The van der Waals surface area contributed by atoms with E-state index in [1.807, 2.05) is 0 Å². The van der Waals surface area contributed by atoms with Crippen LogP contribution in [0.4, 0.5) is 0 Å². The number of rotatable bonds is 6. The third-order valence-electron chi connectivity index (χ3n) is 6.18. The van der Waals surface area contributed by atoms with Crippen LogP contribution in [0.2, 0.25) is 0 Å². The largest absolute Gasteiger partial charge is 0.314 e. The molecule has 0 saturated carbocycles. The standard InChI is InChI=1S/C19H40N4O2S/c1-18(2,3)21-11-7-17(8-12-21)20-10-9-19(4,5)22-13-15-23(16-14-22)26(6,24)25/h17,20H,7-16H2,1-6H3. The van der Waals surface area contributed by atoms with E-state index in [0.717, 1.165) is 26.1 Å². The molecule has 0 amide bonds. The van der Waals surface area contributed by atoms with Crippen molar-refractivity contribution in [3.05, 3.63) is 0 Å². The Morgan fingerprint density at radius 3 is 1.88 bits per heavy atom. The highest BCUT2D eigenvalue weighted by Gasteiger charge is 2.32. The Kier molecular flexibility index (Phi) is 7.16. The molecule has 0 unspecified atom stereocenters. The fourth-order valence-electron chi connectivity index (χ4n) is 4.12. The van der Waals surface area contributed by atoms with Crippen LogP contribution in [-0.2, 0) is 10.0 Å². The summed E-state index contributed by atoms with van der Waals surface area (Å²) in [4.78, 5) is 5.02. The minimum atomic E-state index is -3.05. The summed E-state index contributed by atoms with van der Waals surface area (Å²) < 4.78 is 24.9. The van der Waals surface area contributed by atoms with Crippen LogP contribution in [0.3, 0.4) is 0 Å². The van der Waals surface area contributed by atoms with Gasteiger partial charge in [0.2, 0.25) is 10.0 Å². The maximum Gasteiger partial charge on any atom is 0.211 e. The van der Waals surface area contributed by atoms with Crippen LogP contribution in [0.1, 0.15) is 53.9 Å². The highest BCUT2D eigenvalue weighted by molar-refractivity contribution is 7.88. The quantitative estimate of drug-likeness (QED) is 0.749. The summed E-state index contributed by atoms with van der Waals surface area (Å²) >= 11 is 0. The molecule has 2 aliphatic rings. The van der Waals surface area contributed by atoms with Crippen molar-refractivity contribution in [2.24, 2.45) is 0 Å². The van der Waals surface area contributed by atoms with Crippen molar-refractivity contribution in [2.45, 2.75) is 71.0 Å². The first-order valence-electron chi connectivity index (χ1n) is 10.1. The van der Waals surface area contributed by atoms with E-state index >= 15 is 0 Å². The molecular formula is C19H40N4O2S. The van der Waals surface area contributed by atoms with Gasteiger partial charge in [-0.25, -0.2) is 8.42 Å². The minimum absolute atomic E-state index is 0.0999. The second-order valence-electron chi connectivity index (χ2n) is 9.60. The Morgan fingerprint density at radius 2 is 1.42 bits per heavy atom. The Morgan fingerprint density at radius 1 is 0.885 bits per heavy atom. The van der Waals surface area contributed by atoms with Gasteiger partial charge in [0.1, 0.15) is 0 Å². The van der Waals surface area contributed by atoms with Crippen LogP contribution in [0.15, 0.2) is 0 Å². The highest BCUT2D eigenvalue weighted by Crippen LogP contribution is 2.23. The number of sulfonamides is 1. The smallest absolute Gasteiger partial charge is 0.211 e.